The number of rotatable bonds is 7. The number of hydrogen-bond acceptors (Lipinski definition) is 7. The van der Waals surface area contributed by atoms with Crippen molar-refractivity contribution in [1.82, 2.24) is 35.2 Å². The number of aromatic nitrogens is 5. The van der Waals surface area contributed by atoms with Gasteiger partial charge in [0.15, 0.2) is 0 Å². The molecule has 170 valence electrons. The number of nitrogens with zero attached hydrogens (tertiary/aromatic N) is 5. The SMILES string of the molecule is COC(=O)CNC(=O)CNC(=O)Cn1ncc2c(-c3cc4c(cnn4C)cc3F)cncc21. The number of benzene rings is 1. The molecule has 0 atom stereocenters. The molecule has 0 unspecified atom stereocenters. The van der Waals surface area contributed by atoms with Gasteiger partial charge in [-0.25, -0.2) is 4.39 Å². The number of amides is 2. The van der Waals surface area contributed by atoms with Gasteiger partial charge in [0.05, 0.1) is 43.3 Å². The Balaban J connectivity index is 1.52. The fourth-order valence-corrected chi connectivity index (χ4v) is 3.39. The van der Waals surface area contributed by atoms with Crippen LogP contribution in [-0.2, 0) is 32.7 Å². The molecule has 0 aliphatic rings. The zero-order valence-electron chi connectivity index (χ0n) is 17.8. The molecule has 3 heterocycles. The molecule has 0 aliphatic carbocycles. The van der Waals surface area contributed by atoms with Crippen LogP contribution < -0.4 is 10.6 Å². The first-order chi connectivity index (χ1) is 15.9. The van der Waals surface area contributed by atoms with E-state index in [-0.39, 0.29) is 19.6 Å². The highest BCUT2D eigenvalue weighted by molar-refractivity contribution is 5.97. The third-order valence-electron chi connectivity index (χ3n) is 5.09. The van der Waals surface area contributed by atoms with Gasteiger partial charge in [-0.05, 0) is 12.1 Å². The lowest BCUT2D eigenvalue weighted by molar-refractivity contribution is -0.141. The van der Waals surface area contributed by atoms with Gasteiger partial charge in [-0.1, -0.05) is 0 Å². The molecule has 0 saturated heterocycles. The fraction of sp³-hybridized carbons (Fsp3) is 0.238. The maximum Gasteiger partial charge on any atom is 0.325 e. The van der Waals surface area contributed by atoms with Gasteiger partial charge in [0.2, 0.25) is 11.8 Å². The summed E-state index contributed by atoms with van der Waals surface area (Å²) in [6.45, 7) is -0.777. The summed E-state index contributed by atoms with van der Waals surface area (Å²) in [6, 6.07) is 3.12. The predicted octanol–water partition coefficient (Wildman–Crippen LogP) is 0.530. The number of esters is 1. The molecular weight excluding hydrogens is 433 g/mol. The maximum absolute atomic E-state index is 14.8. The van der Waals surface area contributed by atoms with Crippen molar-refractivity contribution in [3.8, 4) is 11.1 Å². The second kappa shape index (κ2) is 9.02. The zero-order valence-corrected chi connectivity index (χ0v) is 17.8. The Morgan fingerprint density at radius 2 is 1.76 bits per heavy atom. The smallest absolute Gasteiger partial charge is 0.325 e. The Labute approximate surface area is 186 Å². The third-order valence-corrected chi connectivity index (χ3v) is 5.09. The average molecular weight is 453 g/mol. The maximum atomic E-state index is 14.8. The third kappa shape index (κ3) is 4.49. The summed E-state index contributed by atoms with van der Waals surface area (Å²) in [5, 5.41) is 14.5. The van der Waals surface area contributed by atoms with E-state index in [4.69, 9.17) is 0 Å². The summed E-state index contributed by atoms with van der Waals surface area (Å²) in [5.74, 6) is -2.03. The van der Waals surface area contributed by atoms with Crippen molar-refractivity contribution < 1.29 is 23.5 Å². The number of hydrogen-bond donors (Lipinski definition) is 2. The lowest BCUT2D eigenvalue weighted by Crippen LogP contribution is -2.40. The predicted molar refractivity (Wildman–Crippen MR) is 115 cm³/mol. The summed E-state index contributed by atoms with van der Waals surface area (Å²) >= 11 is 0. The number of carbonyl (C=O) groups excluding carboxylic acids is 3. The minimum Gasteiger partial charge on any atom is -0.468 e. The van der Waals surface area contributed by atoms with Crippen molar-refractivity contribution >= 4 is 39.6 Å². The van der Waals surface area contributed by atoms with Gasteiger partial charge in [0.1, 0.15) is 18.9 Å². The molecule has 1 aromatic carbocycles. The molecule has 4 aromatic rings. The topological polar surface area (TPSA) is 133 Å². The van der Waals surface area contributed by atoms with E-state index in [2.05, 4.69) is 30.6 Å². The molecular formula is C21H20FN7O4. The molecule has 0 fully saturated rings. The molecule has 4 rings (SSSR count). The summed E-state index contributed by atoms with van der Waals surface area (Å²) in [4.78, 5) is 39.2. The molecule has 2 amide bonds. The van der Waals surface area contributed by atoms with E-state index >= 15 is 0 Å². The first kappa shape index (κ1) is 21.9. The highest BCUT2D eigenvalue weighted by atomic mass is 19.1. The van der Waals surface area contributed by atoms with Crippen LogP contribution in [-0.4, -0.2) is 62.5 Å². The van der Waals surface area contributed by atoms with Crippen molar-refractivity contribution in [2.75, 3.05) is 20.2 Å². The van der Waals surface area contributed by atoms with Gasteiger partial charge >= 0.3 is 5.97 Å². The van der Waals surface area contributed by atoms with E-state index in [1.165, 1.54) is 30.3 Å². The number of carbonyl (C=O) groups is 3. The van der Waals surface area contributed by atoms with Crippen molar-refractivity contribution in [3.63, 3.8) is 0 Å². The summed E-state index contributed by atoms with van der Waals surface area (Å²) in [7, 11) is 2.98. The van der Waals surface area contributed by atoms with Crippen LogP contribution in [0, 0.1) is 5.82 Å². The summed E-state index contributed by atoms with van der Waals surface area (Å²) in [6.07, 6.45) is 6.20. The minimum absolute atomic E-state index is 0.178. The van der Waals surface area contributed by atoms with E-state index in [1.54, 1.807) is 30.2 Å². The van der Waals surface area contributed by atoms with Gasteiger partial charge in [0.25, 0.3) is 0 Å². The number of aryl methyl sites for hydroxylation is 1. The van der Waals surface area contributed by atoms with E-state index < -0.39 is 23.6 Å². The second-order valence-electron chi connectivity index (χ2n) is 7.21. The van der Waals surface area contributed by atoms with Crippen LogP contribution in [0.5, 0.6) is 0 Å². The van der Waals surface area contributed by atoms with E-state index in [9.17, 15) is 18.8 Å². The number of halogens is 1. The Hall–Kier alpha value is -4.35. The van der Waals surface area contributed by atoms with E-state index in [1.807, 2.05) is 0 Å². The Morgan fingerprint density at radius 3 is 2.55 bits per heavy atom. The van der Waals surface area contributed by atoms with Crippen LogP contribution in [0.15, 0.2) is 36.9 Å². The average Bonchev–Trinajstić information content (AvgIpc) is 3.38. The van der Waals surface area contributed by atoms with Gasteiger partial charge in [-0.2, -0.15) is 10.2 Å². The minimum atomic E-state index is -0.597. The fourth-order valence-electron chi connectivity index (χ4n) is 3.39. The molecule has 11 nitrogen and oxygen atoms in total. The van der Waals surface area contributed by atoms with Crippen LogP contribution in [0.25, 0.3) is 32.9 Å². The van der Waals surface area contributed by atoms with Crippen LogP contribution in [0.3, 0.4) is 0 Å². The Bertz CT molecular complexity index is 1380. The molecule has 3 aromatic heterocycles. The van der Waals surface area contributed by atoms with Crippen LogP contribution in [0.2, 0.25) is 0 Å². The summed E-state index contributed by atoms with van der Waals surface area (Å²) in [5.41, 5.74) is 2.17. The van der Waals surface area contributed by atoms with Crippen LogP contribution in [0.1, 0.15) is 0 Å². The van der Waals surface area contributed by atoms with E-state index in [0.717, 1.165) is 5.52 Å². The first-order valence-corrected chi connectivity index (χ1v) is 9.88. The molecule has 12 heteroatoms. The van der Waals surface area contributed by atoms with Gasteiger partial charge in [-0.3, -0.25) is 28.7 Å². The first-order valence-electron chi connectivity index (χ1n) is 9.88. The van der Waals surface area contributed by atoms with Gasteiger partial charge < -0.3 is 15.4 Å². The lowest BCUT2D eigenvalue weighted by Gasteiger charge is -2.08. The highest BCUT2D eigenvalue weighted by Gasteiger charge is 2.16. The zero-order chi connectivity index (χ0) is 23.5. The largest absolute Gasteiger partial charge is 0.468 e. The molecule has 0 saturated carbocycles. The molecule has 0 spiro atoms. The number of methoxy groups -OCH3 is 1. The number of ether oxygens (including phenoxy) is 1. The second-order valence-corrected chi connectivity index (χ2v) is 7.21. The number of pyridine rings is 1. The molecule has 2 N–H and O–H groups in total. The standard InChI is InChI=1S/C21H20FN7O4/c1-28-17-4-13(16(22)3-12(17)5-26-28)14-6-23-8-18-15(14)7-27-29(18)11-20(31)24-9-19(30)25-10-21(32)33-2/h3-8H,9-11H2,1-2H3,(H,24,31)(H,25,30). The Kier molecular flexibility index (Phi) is 5.98. The van der Waals surface area contributed by atoms with Gasteiger partial charge in [-0.15, -0.1) is 0 Å². The lowest BCUT2D eigenvalue weighted by atomic mass is 10.0. The van der Waals surface area contributed by atoms with E-state index in [0.29, 0.717) is 27.4 Å². The van der Waals surface area contributed by atoms with Crippen molar-refractivity contribution in [2.24, 2.45) is 7.05 Å². The molecule has 0 aliphatic heterocycles. The number of nitrogens with one attached hydrogen (secondary N) is 2. The monoisotopic (exact) mass is 453 g/mol. The molecule has 33 heavy (non-hydrogen) atoms. The van der Waals surface area contributed by atoms with Crippen molar-refractivity contribution in [2.45, 2.75) is 6.54 Å². The van der Waals surface area contributed by atoms with Crippen molar-refractivity contribution in [3.05, 3.63) is 42.7 Å². The van der Waals surface area contributed by atoms with Crippen molar-refractivity contribution in [1.29, 1.82) is 0 Å². The normalized spacial score (nSPS) is 11.0. The molecule has 0 radical (unpaired) electrons. The van der Waals surface area contributed by atoms with Gasteiger partial charge in [0, 0.05) is 35.1 Å². The quantitative estimate of drug-likeness (QED) is 0.390. The number of fused-ring (bicyclic) bond motifs is 2. The summed E-state index contributed by atoms with van der Waals surface area (Å²) < 4.78 is 22.3. The Morgan fingerprint density at radius 1 is 0.970 bits per heavy atom. The highest BCUT2D eigenvalue weighted by Crippen LogP contribution is 2.32. The molecule has 0 bridgehead atoms. The van der Waals surface area contributed by atoms with Crippen LogP contribution >= 0.6 is 0 Å². The van der Waals surface area contributed by atoms with Crippen LogP contribution in [0.4, 0.5) is 4.39 Å².